The average Bonchev–Trinajstić information content (AvgIpc) is 2.19. The number of nitrogens with one attached hydrogen (secondary N) is 1. The highest BCUT2D eigenvalue weighted by Gasteiger charge is 2.16. The molecular weight excluding hydrogens is 215 g/mol. The lowest BCUT2D eigenvalue weighted by molar-refractivity contribution is 0.366. The highest BCUT2D eigenvalue weighted by molar-refractivity contribution is 7.51. The topological polar surface area (TPSA) is 93.4 Å². The highest BCUT2D eigenvalue weighted by Crippen LogP contribution is 2.33. The van der Waals surface area contributed by atoms with Crippen molar-refractivity contribution in [3.8, 4) is 6.07 Å². The minimum atomic E-state index is -4.12. The van der Waals surface area contributed by atoms with E-state index in [4.69, 9.17) is 15.0 Å². The Morgan fingerprint density at radius 2 is 2.00 bits per heavy atom. The van der Waals surface area contributed by atoms with Gasteiger partial charge in [-0.05, 0) is 5.56 Å². The Morgan fingerprint density at radius 1 is 1.40 bits per heavy atom. The largest absolute Gasteiger partial charge is 0.339 e. The quantitative estimate of drug-likeness (QED) is 0.665. The van der Waals surface area contributed by atoms with Crippen LogP contribution in [0, 0.1) is 11.3 Å². The maximum atomic E-state index is 10.6. The Kier molecular flexibility index (Phi) is 4.01. The first-order valence-corrected chi connectivity index (χ1v) is 6.05. The van der Waals surface area contributed by atoms with Crippen LogP contribution < -0.4 is 5.32 Å². The highest BCUT2D eigenvalue weighted by atomic mass is 31.2. The number of hydrogen-bond acceptors (Lipinski definition) is 3. The summed E-state index contributed by atoms with van der Waals surface area (Å²) >= 11 is 0. The van der Waals surface area contributed by atoms with E-state index in [0.29, 0.717) is 5.56 Å². The molecule has 0 saturated carbocycles. The van der Waals surface area contributed by atoms with Gasteiger partial charge >= 0.3 is 7.60 Å². The van der Waals surface area contributed by atoms with Crippen LogP contribution in [-0.2, 0) is 4.57 Å². The summed E-state index contributed by atoms with van der Waals surface area (Å²) in [5.74, 6) is 0. The molecule has 1 atom stereocenters. The molecular formula is C9H11N2O3P. The third-order valence-electron chi connectivity index (χ3n) is 1.76. The average molecular weight is 226 g/mol. The van der Waals surface area contributed by atoms with Gasteiger partial charge in [-0.1, -0.05) is 30.3 Å². The van der Waals surface area contributed by atoms with Crippen molar-refractivity contribution in [1.29, 1.82) is 5.26 Å². The first-order chi connectivity index (χ1) is 7.03. The van der Waals surface area contributed by atoms with Crippen molar-refractivity contribution >= 4 is 7.60 Å². The lowest BCUT2D eigenvalue weighted by Gasteiger charge is -2.12. The summed E-state index contributed by atoms with van der Waals surface area (Å²) in [5.41, 5.74) is 0.688. The van der Waals surface area contributed by atoms with Gasteiger partial charge in [0.15, 0.2) is 0 Å². The molecule has 0 saturated heterocycles. The van der Waals surface area contributed by atoms with Gasteiger partial charge in [0.2, 0.25) is 0 Å². The minimum Gasteiger partial charge on any atom is -0.324 e. The van der Waals surface area contributed by atoms with Crippen molar-refractivity contribution < 1.29 is 14.4 Å². The van der Waals surface area contributed by atoms with Crippen molar-refractivity contribution in [2.24, 2.45) is 0 Å². The zero-order valence-electron chi connectivity index (χ0n) is 7.87. The summed E-state index contributed by atoms with van der Waals surface area (Å²) in [5, 5.41) is 11.3. The van der Waals surface area contributed by atoms with E-state index in [1.807, 2.05) is 6.07 Å². The van der Waals surface area contributed by atoms with Gasteiger partial charge in [-0.15, -0.1) is 0 Å². The van der Waals surface area contributed by atoms with E-state index in [0.717, 1.165) is 0 Å². The van der Waals surface area contributed by atoms with E-state index < -0.39 is 19.9 Å². The third kappa shape index (κ3) is 4.24. The number of nitrogens with zero attached hydrogens (tertiary/aromatic N) is 1. The Labute approximate surface area is 87.5 Å². The van der Waals surface area contributed by atoms with Crippen LogP contribution in [0.15, 0.2) is 30.3 Å². The Morgan fingerprint density at radius 3 is 2.47 bits per heavy atom. The van der Waals surface area contributed by atoms with E-state index in [1.165, 1.54) is 0 Å². The number of benzene rings is 1. The SMILES string of the molecule is N#CC(NCP(=O)(O)O)c1ccccc1. The predicted octanol–water partition coefficient (Wildman–Crippen LogP) is 0.976. The van der Waals surface area contributed by atoms with Gasteiger partial charge in [0.25, 0.3) is 0 Å². The van der Waals surface area contributed by atoms with Gasteiger partial charge in [0.05, 0.1) is 12.4 Å². The molecule has 0 heterocycles. The molecule has 1 aromatic carbocycles. The molecule has 0 spiro atoms. The summed E-state index contributed by atoms with van der Waals surface area (Å²) in [6, 6.07) is 10.0. The lowest BCUT2D eigenvalue weighted by Crippen LogP contribution is -2.21. The molecule has 0 radical (unpaired) electrons. The van der Waals surface area contributed by atoms with Crippen molar-refractivity contribution in [2.75, 3.05) is 6.29 Å². The summed E-state index contributed by atoms with van der Waals surface area (Å²) in [6.45, 7) is 0. The maximum absolute atomic E-state index is 10.6. The van der Waals surface area contributed by atoms with Gasteiger partial charge in [0.1, 0.15) is 6.04 Å². The Hall–Kier alpha value is -1.18. The number of rotatable bonds is 4. The molecule has 80 valence electrons. The molecule has 0 bridgehead atoms. The first-order valence-electron chi connectivity index (χ1n) is 4.25. The molecule has 5 nitrogen and oxygen atoms in total. The fourth-order valence-corrected chi connectivity index (χ4v) is 1.51. The van der Waals surface area contributed by atoms with Gasteiger partial charge in [-0.2, -0.15) is 5.26 Å². The van der Waals surface area contributed by atoms with Crippen LogP contribution in [0.1, 0.15) is 11.6 Å². The molecule has 0 amide bonds. The molecule has 1 rings (SSSR count). The zero-order valence-corrected chi connectivity index (χ0v) is 8.76. The first kappa shape index (κ1) is 11.9. The molecule has 1 unspecified atom stereocenters. The van der Waals surface area contributed by atoms with Crippen LogP contribution in [-0.4, -0.2) is 16.1 Å². The van der Waals surface area contributed by atoms with Crippen LogP contribution >= 0.6 is 7.60 Å². The summed E-state index contributed by atoms with van der Waals surface area (Å²) in [7, 11) is -4.12. The van der Waals surface area contributed by atoms with Crippen molar-refractivity contribution in [2.45, 2.75) is 6.04 Å². The van der Waals surface area contributed by atoms with Crippen LogP contribution in [0.2, 0.25) is 0 Å². The van der Waals surface area contributed by atoms with E-state index in [2.05, 4.69) is 5.32 Å². The molecule has 0 aliphatic rings. The van der Waals surface area contributed by atoms with Crippen LogP contribution in [0.3, 0.4) is 0 Å². The number of hydrogen-bond donors (Lipinski definition) is 3. The molecule has 3 N–H and O–H groups in total. The maximum Gasteiger partial charge on any atom is 0.339 e. The molecule has 0 aromatic heterocycles. The van der Waals surface area contributed by atoms with Crippen LogP contribution in [0.4, 0.5) is 0 Å². The lowest BCUT2D eigenvalue weighted by atomic mass is 10.1. The second-order valence-electron chi connectivity index (χ2n) is 3.00. The monoisotopic (exact) mass is 226 g/mol. The molecule has 6 heteroatoms. The predicted molar refractivity (Wildman–Crippen MR) is 54.8 cm³/mol. The fraction of sp³-hybridized carbons (Fsp3) is 0.222. The van der Waals surface area contributed by atoms with Gasteiger partial charge in [-0.25, -0.2) is 0 Å². The normalized spacial score (nSPS) is 13.1. The summed E-state index contributed by atoms with van der Waals surface area (Å²) < 4.78 is 10.6. The van der Waals surface area contributed by atoms with E-state index in [1.54, 1.807) is 30.3 Å². The standard InChI is InChI=1S/C9H11N2O3P/c10-6-9(11-7-15(12,13)14)8-4-2-1-3-5-8/h1-5,9,11H,7H2,(H2,12,13,14). The molecule has 0 fully saturated rings. The van der Waals surface area contributed by atoms with E-state index in [9.17, 15) is 4.57 Å². The number of nitriles is 1. The molecule has 1 aromatic rings. The molecule has 15 heavy (non-hydrogen) atoms. The van der Waals surface area contributed by atoms with Crippen molar-refractivity contribution in [3.63, 3.8) is 0 Å². The third-order valence-corrected chi connectivity index (χ3v) is 2.36. The Balaban J connectivity index is 2.67. The van der Waals surface area contributed by atoms with Gasteiger partial charge < -0.3 is 9.79 Å². The van der Waals surface area contributed by atoms with E-state index in [-0.39, 0.29) is 0 Å². The van der Waals surface area contributed by atoms with Crippen LogP contribution in [0.25, 0.3) is 0 Å². The summed E-state index contributed by atoms with van der Waals surface area (Å²) in [6.07, 6.45) is -0.500. The minimum absolute atomic E-state index is 0.500. The Bertz CT molecular complexity index is 396. The van der Waals surface area contributed by atoms with Gasteiger partial charge in [0, 0.05) is 0 Å². The fourth-order valence-electron chi connectivity index (χ4n) is 1.09. The van der Waals surface area contributed by atoms with Crippen LogP contribution in [0.5, 0.6) is 0 Å². The second kappa shape index (κ2) is 5.06. The van der Waals surface area contributed by atoms with E-state index >= 15 is 0 Å². The zero-order chi connectivity index (χ0) is 11.3. The molecule has 0 aliphatic carbocycles. The van der Waals surface area contributed by atoms with Gasteiger partial charge in [-0.3, -0.25) is 9.88 Å². The molecule has 0 aliphatic heterocycles. The smallest absolute Gasteiger partial charge is 0.324 e. The van der Waals surface area contributed by atoms with Crippen molar-refractivity contribution in [3.05, 3.63) is 35.9 Å². The second-order valence-corrected chi connectivity index (χ2v) is 4.65. The van der Waals surface area contributed by atoms with Crippen molar-refractivity contribution in [1.82, 2.24) is 5.32 Å². The summed E-state index contributed by atoms with van der Waals surface area (Å²) in [4.78, 5) is 17.3.